The molecule has 0 spiro atoms. The first-order valence-electron chi connectivity index (χ1n) is 23.6. The number of hydrazone groups is 1. The van der Waals surface area contributed by atoms with Crippen LogP contribution in [-0.2, 0) is 0 Å². The van der Waals surface area contributed by atoms with Gasteiger partial charge in [0, 0.05) is 44.3 Å². The molecule has 3 aliphatic rings. The molecule has 8 bridgehead atoms. The van der Waals surface area contributed by atoms with E-state index < -0.39 is 218 Å². The van der Waals surface area contributed by atoms with Crippen molar-refractivity contribution in [2.45, 2.75) is 12.0 Å². The first-order valence-corrected chi connectivity index (χ1v) is 23.6. The summed E-state index contributed by atoms with van der Waals surface area (Å²) in [4.78, 5) is 13.4. The Bertz CT molecular complexity index is 4480. The van der Waals surface area contributed by atoms with Gasteiger partial charge in [-0.3, -0.25) is 9.99 Å². The first-order chi connectivity index (χ1) is 39.5. The molecule has 0 amide bonds. The number of para-hydroxylation sites is 1. The summed E-state index contributed by atoms with van der Waals surface area (Å²) < 4.78 is 317. The second-order valence-electron chi connectivity index (χ2n) is 18.4. The Labute approximate surface area is 448 Å². The molecule has 0 saturated heterocycles. The van der Waals surface area contributed by atoms with Crippen LogP contribution in [0.2, 0.25) is 0 Å². The van der Waals surface area contributed by atoms with Gasteiger partial charge in [0.2, 0.25) is 23.3 Å². The number of nitrogens with zero attached hydrogens (tertiary/aromatic N) is 4. The summed E-state index contributed by atoms with van der Waals surface area (Å²) >= 11 is 0. The molecule has 3 aliphatic heterocycles. The number of hydrogen-bond acceptors (Lipinski definition) is 4. The fourth-order valence-electron chi connectivity index (χ4n) is 10.3. The molecular weight excluding hydrogens is 1150 g/mol. The van der Waals surface area contributed by atoms with Crippen molar-refractivity contribution in [1.29, 1.82) is 0 Å². The highest BCUT2D eigenvalue weighted by Crippen LogP contribution is 2.55. The van der Waals surface area contributed by atoms with Gasteiger partial charge in [0.1, 0.15) is 6.04 Å². The fourth-order valence-corrected chi connectivity index (χ4v) is 10.3. The summed E-state index contributed by atoms with van der Waals surface area (Å²) in [6, 6.07) is 14.6. The number of fused-ring (bicyclic) bond motifs is 11. The number of aromatic amines is 2. The predicted molar refractivity (Wildman–Crippen MR) is 258 cm³/mol. The molecule has 6 nitrogen and oxygen atoms in total. The number of hydrogen-bond donors (Lipinski definition) is 2. The summed E-state index contributed by atoms with van der Waals surface area (Å²) in [6.45, 7) is 0. The third-order valence-electron chi connectivity index (χ3n) is 13.9. The van der Waals surface area contributed by atoms with Crippen LogP contribution in [0.3, 0.4) is 0 Å². The van der Waals surface area contributed by atoms with Crippen molar-refractivity contribution < 1.29 is 87.8 Å². The zero-order valence-electron chi connectivity index (χ0n) is 40.2. The molecule has 83 heavy (non-hydrogen) atoms. The maximum Gasteiger partial charge on any atom is 0.200 e. The minimum atomic E-state index is -2.74. The van der Waals surface area contributed by atoms with Crippen molar-refractivity contribution in [2.24, 2.45) is 5.10 Å². The molecule has 6 aromatic carbocycles. The Kier molecular flexibility index (Phi) is 12.6. The molecule has 418 valence electrons. The normalized spacial score (nSPS) is 14.7. The van der Waals surface area contributed by atoms with Crippen molar-refractivity contribution in [1.82, 2.24) is 19.9 Å². The van der Waals surface area contributed by atoms with Crippen molar-refractivity contribution in [3.05, 3.63) is 230 Å². The van der Waals surface area contributed by atoms with Gasteiger partial charge in [0.15, 0.2) is 93.1 Å². The van der Waals surface area contributed by atoms with Crippen LogP contribution >= 0.6 is 0 Å². The summed E-state index contributed by atoms with van der Waals surface area (Å²) in [5, 5.41) is 5.72. The summed E-state index contributed by atoms with van der Waals surface area (Å²) in [7, 11) is 0. The van der Waals surface area contributed by atoms with Gasteiger partial charge in [-0.1, -0.05) is 48.5 Å². The van der Waals surface area contributed by atoms with Crippen LogP contribution < -0.4 is 5.01 Å². The average molecular weight is 1170 g/mol. The molecule has 0 radical (unpaired) electrons. The van der Waals surface area contributed by atoms with Gasteiger partial charge in [0.25, 0.3) is 0 Å². The summed E-state index contributed by atoms with van der Waals surface area (Å²) in [5.74, 6) is -55.0. The largest absolute Gasteiger partial charge is 0.354 e. The zero-order valence-corrected chi connectivity index (χ0v) is 40.2. The van der Waals surface area contributed by atoms with Gasteiger partial charge in [-0.25, -0.2) is 92.8 Å². The number of rotatable bonds is 6. The van der Waals surface area contributed by atoms with E-state index in [1.54, 1.807) is 0 Å². The molecule has 12 rings (SSSR count). The van der Waals surface area contributed by atoms with Gasteiger partial charge in [0.05, 0.1) is 62.3 Å². The van der Waals surface area contributed by atoms with E-state index >= 15 is 79.0 Å². The van der Waals surface area contributed by atoms with Crippen LogP contribution in [0.4, 0.5) is 93.5 Å². The maximum absolute atomic E-state index is 16.9. The Morgan fingerprint density at radius 3 is 0.964 bits per heavy atom. The minimum absolute atomic E-state index is 0.0199. The van der Waals surface area contributed by atoms with E-state index in [1.165, 1.54) is 60.7 Å². The number of aromatic nitrogens is 4. The van der Waals surface area contributed by atoms with Crippen LogP contribution in [0, 0.1) is 116 Å². The van der Waals surface area contributed by atoms with Crippen molar-refractivity contribution in [3.8, 4) is 44.5 Å². The van der Waals surface area contributed by atoms with Crippen LogP contribution in [0.5, 0.6) is 0 Å². The number of nitrogens with one attached hydrogen (secondary N) is 2. The van der Waals surface area contributed by atoms with E-state index in [0.717, 1.165) is 5.01 Å². The molecule has 0 unspecified atom stereocenters. The van der Waals surface area contributed by atoms with Gasteiger partial charge >= 0.3 is 0 Å². The lowest BCUT2D eigenvalue weighted by molar-refractivity contribution is 0.381. The number of anilines is 1. The van der Waals surface area contributed by atoms with Gasteiger partial charge in [-0.15, -0.1) is 0 Å². The zero-order chi connectivity index (χ0) is 59.1. The van der Waals surface area contributed by atoms with E-state index in [9.17, 15) is 8.78 Å². The molecular formula is C57H20F20N6. The van der Waals surface area contributed by atoms with Crippen LogP contribution in [0.1, 0.15) is 40.3 Å². The first kappa shape index (κ1) is 53.9. The van der Waals surface area contributed by atoms with Crippen LogP contribution in [0.15, 0.2) is 90.0 Å². The molecule has 0 fully saturated rings. The molecule has 26 heteroatoms. The van der Waals surface area contributed by atoms with E-state index in [-0.39, 0.29) is 17.0 Å². The number of halogens is 20. The van der Waals surface area contributed by atoms with E-state index in [1.807, 2.05) is 0 Å². The minimum Gasteiger partial charge on any atom is -0.354 e. The fraction of sp³-hybridized carbons (Fsp3) is 0.0351. The highest BCUT2D eigenvalue weighted by molar-refractivity contribution is 6.10. The Hall–Kier alpha value is -9.75. The topological polar surface area (TPSA) is 73.0 Å². The van der Waals surface area contributed by atoms with Crippen molar-refractivity contribution >= 4 is 45.6 Å². The van der Waals surface area contributed by atoms with Crippen molar-refractivity contribution in [2.75, 3.05) is 5.01 Å². The molecule has 0 aliphatic carbocycles. The molecule has 0 saturated carbocycles. The van der Waals surface area contributed by atoms with Crippen LogP contribution in [-0.4, -0.2) is 25.6 Å². The third-order valence-corrected chi connectivity index (χ3v) is 13.9. The standard InChI is InChI=1S/C57H20F20N6/c58-34-29(35(59)43(67)50(74)42(34)66)25-19-11-12-20(78-19)26(30-36(60)44(68)51(75)45(69)37(30)61)22-14-16-24(80-22)28(32-40(64)48(72)53(77)49(73)41(32)65)56-57-33(54(17-7-3-1-4-8-17)82-83(57)18-9-5-2-6-10-18)55(81-56)27(23-15-13-21(25)79-23)31-38(62)46(70)52(76)47(71)39(31)63/h1-16,33,57,79-80H/t33-,57-/m0/s1. The second kappa shape index (κ2) is 19.5. The lowest BCUT2D eigenvalue weighted by atomic mass is 9.84. The molecule has 2 N–H and O–H groups in total. The maximum atomic E-state index is 16.9. The van der Waals surface area contributed by atoms with E-state index in [4.69, 9.17) is 5.10 Å². The van der Waals surface area contributed by atoms with E-state index in [2.05, 4.69) is 19.9 Å². The smallest absolute Gasteiger partial charge is 0.200 e. The number of H-pyrrole nitrogens is 2. The highest BCUT2D eigenvalue weighted by Gasteiger charge is 2.50. The Morgan fingerprint density at radius 2 is 0.602 bits per heavy atom. The van der Waals surface area contributed by atoms with Crippen LogP contribution in [0.25, 0.3) is 78.7 Å². The monoisotopic (exact) mass is 1170 g/mol. The molecule has 2 atom stereocenters. The summed E-state index contributed by atoms with van der Waals surface area (Å²) in [5.41, 5.74) is -21.1. The lowest BCUT2D eigenvalue weighted by Gasteiger charge is -2.25. The number of benzene rings is 6. The predicted octanol–water partition coefficient (Wildman–Crippen LogP) is 16.7. The van der Waals surface area contributed by atoms with Gasteiger partial charge in [-0.05, 0) is 54.1 Å². The van der Waals surface area contributed by atoms with E-state index in [0.29, 0.717) is 36.4 Å². The average Bonchev–Trinajstić information content (AvgIpc) is 1.94. The lowest BCUT2D eigenvalue weighted by Crippen LogP contribution is -2.22. The molecule has 3 aromatic heterocycles. The quantitative estimate of drug-likeness (QED) is 0.0990. The molecule has 9 aromatic rings. The Morgan fingerprint density at radius 1 is 0.301 bits per heavy atom. The second-order valence-corrected chi connectivity index (χ2v) is 18.4. The third kappa shape index (κ3) is 7.84. The summed E-state index contributed by atoms with van der Waals surface area (Å²) in [6.07, 6.45) is 1.23. The van der Waals surface area contributed by atoms with Gasteiger partial charge in [-0.2, -0.15) is 5.10 Å². The van der Waals surface area contributed by atoms with Crippen molar-refractivity contribution in [3.63, 3.8) is 0 Å². The Balaban J connectivity index is 1.41. The SMILES string of the molecule is Fc1c(F)c(F)c(-c2c3nc(c(-c4c(F)c(F)c(F)c(F)c4F)c4ccc([nH]4)c(-c4c(F)c(F)c(F)c(F)c4F)c4nc(c(-c5c(F)c(F)c(F)c(F)c5F)c5ccc2[nH]5)[C@@H]2[C@H]4C(c4ccccc4)=NN2c2ccccc2)C=C3)c(F)c1F. The highest BCUT2D eigenvalue weighted by atomic mass is 19.2. The molecule has 6 heterocycles. The van der Waals surface area contributed by atoms with Gasteiger partial charge < -0.3 is 9.97 Å².